The number of rotatable bonds is 6. The molecule has 1 aromatic heterocycles. The molecule has 3 aromatic rings. The Hall–Kier alpha value is -2.13. The maximum Gasteiger partial charge on any atom is 0.193 e. The second-order valence-corrected chi connectivity index (χ2v) is 6.50. The summed E-state index contributed by atoms with van der Waals surface area (Å²) in [6, 6.07) is 17.3. The van der Waals surface area contributed by atoms with E-state index in [1.807, 2.05) is 61.5 Å². The molecule has 136 valence electrons. The van der Waals surface area contributed by atoms with E-state index < -0.39 is 0 Å². The number of halogens is 1. The molecule has 7 heteroatoms. The number of para-hydroxylation sites is 1. The molecule has 0 aliphatic heterocycles. The Morgan fingerprint density at radius 2 is 1.92 bits per heavy atom. The van der Waals surface area contributed by atoms with Gasteiger partial charge in [0.1, 0.15) is 11.5 Å². The number of nitrogens with one attached hydrogen (secondary N) is 1. The van der Waals surface area contributed by atoms with Gasteiger partial charge in [-0.1, -0.05) is 24.3 Å². The number of hydrogen-bond donors (Lipinski definition) is 2. The molecule has 2 aromatic carbocycles. The van der Waals surface area contributed by atoms with Crippen molar-refractivity contribution < 1.29 is 4.74 Å². The van der Waals surface area contributed by atoms with E-state index in [-0.39, 0.29) is 24.0 Å². The minimum Gasteiger partial charge on any atom is -0.457 e. The van der Waals surface area contributed by atoms with Gasteiger partial charge in [-0.25, -0.2) is 4.98 Å². The number of ether oxygens (including phenoxy) is 1. The van der Waals surface area contributed by atoms with Crippen LogP contribution in [0.25, 0.3) is 0 Å². The average Bonchev–Trinajstić information content (AvgIpc) is 3.01. The van der Waals surface area contributed by atoms with Crippen LogP contribution in [-0.4, -0.2) is 17.5 Å². The maximum atomic E-state index is 5.96. The Labute approximate surface area is 174 Å². The van der Waals surface area contributed by atoms with Crippen LogP contribution in [0.2, 0.25) is 0 Å². The summed E-state index contributed by atoms with van der Waals surface area (Å²) < 4.78 is 5.81. The number of aliphatic imine (C=N–C) groups is 1. The molecule has 26 heavy (non-hydrogen) atoms. The van der Waals surface area contributed by atoms with Gasteiger partial charge in [-0.05, 0) is 31.2 Å². The molecule has 0 bridgehead atoms. The van der Waals surface area contributed by atoms with Crippen LogP contribution in [-0.2, 0) is 6.42 Å². The van der Waals surface area contributed by atoms with Gasteiger partial charge in [0.25, 0.3) is 0 Å². The van der Waals surface area contributed by atoms with E-state index in [4.69, 9.17) is 10.5 Å². The number of thiazole rings is 1. The van der Waals surface area contributed by atoms with Crippen molar-refractivity contribution in [1.82, 2.24) is 4.98 Å². The van der Waals surface area contributed by atoms with Crippen molar-refractivity contribution in [2.24, 2.45) is 10.7 Å². The number of anilines is 1. The molecule has 0 atom stereocenters. The number of guanidine groups is 1. The van der Waals surface area contributed by atoms with Gasteiger partial charge in [0.2, 0.25) is 0 Å². The van der Waals surface area contributed by atoms with Crippen LogP contribution in [0.4, 0.5) is 5.69 Å². The first-order chi connectivity index (χ1) is 12.2. The fourth-order valence-electron chi connectivity index (χ4n) is 2.26. The van der Waals surface area contributed by atoms with E-state index in [9.17, 15) is 0 Å². The summed E-state index contributed by atoms with van der Waals surface area (Å²) in [4.78, 5) is 8.76. The Balaban J connectivity index is 0.00000243. The first kappa shape index (κ1) is 20.2. The minimum atomic E-state index is 0. The third-order valence-corrected chi connectivity index (χ3v) is 4.22. The second-order valence-electron chi connectivity index (χ2n) is 5.44. The van der Waals surface area contributed by atoms with Crippen molar-refractivity contribution in [3.05, 3.63) is 70.7 Å². The minimum absolute atomic E-state index is 0. The molecule has 1 heterocycles. The van der Waals surface area contributed by atoms with Crippen molar-refractivity contribution in [3.8, 4) is 11.5 Å². The van der Waals surface area contributed by atoms with E-state index >= 15 is 0 Å². The van der Waals surface area contributed by atoms with Gasteiger partial charge in [-0.15, -0.1) is 35.3 Å². The zero-order valence-electron chi connectivity index (χ0n) is 14.4. The third kappa shape index (κ3) is 6.30. The molecule has 3 rings (SSSR count). The fourth-order valence-corrected chi connectivity index (χ4v) is 2.91. The summed E-state index contributed by atoms with van der Waals surface area (Å²) in [7, 11) is 0. The van der Waals surface area contributed by atoms with Crippen LogP contribution in [0.1, 0.15) is 10.7 Å². The van der Waals surface area contributed by atoms with Gasteiger partial charge in [-0.3, -0.25) is 4.99 Å². The van der Waals surface area contributed by atoms with Gasteiger partial charge >= 0.3 is 0 Å². The van der Waals surface area contributed by atoms with Crippen LogP contribution in [0.15, 0.2) is 65.0 Å². The van der Waals surface area contributed by atoms with E-state index in [1.165, 1.54) is 0 Å². The lowest BCUT2D eigenvalue weighted by molar-refractivity contribution is 0.483. The molecule has 3 N–H and O–H groups in total. The summed E-state index contributed by atoms with van der Waals surface area (Å²) in [6.45, 7) is 2.60. The Morgan fingerprint density at radius 3 is 2.65 bits per heavy atom. The van der Waals surface area contributed by atoms with Crippen LogP contribution in [0.3, 0.4) is 0 Å². The first-order valence-corrected chi connectivity index (χ1v) is 8.88. The molecule has 0 aliphatic carbocycles. The summed E-state index contributed by atoms with van der Waals surface area (Å²) in [5.74, 6) is 1.91. The molecular formula is C19H21IN4OS. The summed E-state index contributed by atoms with van der Waals surface area (Å²) in [6.07, 6.45) is 0.782. The van der Waals surface area contributed by atoms with Gasteiger partial charge in [0.15, 0.2) is 5.96 Å². The number of aryl methyl sites for hydroxylation is 1. The van der Waals surface area contributed by atoms with Crippen LogP contribution < -0.4 is 15.8 Å². The number of benzene rings is 2. The molecule has 0 radical (unpaired) electrons. The molecule has 0 saturated heterocycles. The normalized spacial score (nSPS) is 10.9. The second kappa shape index (κ2) is 10.1. The maximum absolute atomic E-state index is 5.96. The van der Waals surface area contributed by atoms with Gasteiger partial charge < -0.3 is 15.8 Å². The highest BCUT2D eigenvalue weighted by Crippen LogP contribution is 2.23. The number of nitrogens with zero attached hydrogens (tertiary/aromatic N) is 2. The van der Waals surface area contributed by atoms with Crippen molar-refractivity contribution in [3.63, 3.8) is 0 Å². The van der Waals surface area contributed by atoms with E-state index in [2.05, 4.69) is 20.7 Å². The summed E-state index contributed by atoms with van der Waals surface area (Å²) in [5, 5.41) is 6.21. The lowest BCUT2D eigenvalue weighted by Gasteiger charge is -2.09. The largest absolute Gasteiger partial charge is 0.457 e. The Bertz CT molecular complexity index is 852. The molecular weight excluding hydrogens is 459 g/mol. The topological polar surface area (TPSA) is 72.5 Å². The molecule has 5 nitrogen and oxygen atoms in total. The quantitative estimate of drug-likeness (QED) is 0.301. The molecule has 0 fully saturated rings. The smallest absolute Gasteiger partial charge is 0.193 e. The average molecular weight is 480 g/mol. The number of nitrogens with two attached hydrogens (primary N) is 1. The van der Waals surface area contributed by atoms with Crippen LogP contribution in [0, 0.1) is 6.92 Å². The van der Waals surface area contributed by atoms with Gasteiger partial charge in [-0.2, -0.15) is 0 Å². The first-order valence-electron chi connectivity index (χ1n) is 8.00. The standard InChI is InChI=1S/C19H20N4OS.HI/c1-14-22-16(13-25-14)10-11-21-19(20)23-15-6-5-9-18(12-15)24-17-7-3-2-4-8-17;/h2-9,12-13H,10-11H2,1H3,(H3,20,21,23);1H. The lowest BCUT2D eigenvalue weighted by Crippen LogP contribution is -2.23. The predicted molar refractivity (Wildman–Crippen MR) is 119 cm³/mol. The van der Waals surface area contributed by atoms with Crippen molar-refractivity contribution >= 4 is 47.0 Å². The summed E-state index contributed by atoms with van der Waals surface area (Å²) >= 11 is 1.65. The SMILES string of the molecule is Cc1nc(CCN=C(N)Nc2cccc(Oc3ccccc3)c2)cs1.I. The molecule has 0 saturated carbocycles. The Morgan fingerprint density at radius 1 is 1.15 bits per heavy atom. The van der Waals surface area contributed by atoms with E-state index in [0.29, 0.717) is 12.5 Å². The summed E-state index contributed by atoms with van der Waals surface area (Å²) in [5.41, 5.74) is 7.84. The number of aromatic nitrogens is 1. The molecule has 0 amide bonds. The van der Waals surface area contributed by atoms with Crippen molar-refractivity contribution in [1.29, 1.82) is 0 Å². The zero-order valence-corrected chi connectivity index (χ0v) is 17.5. The van der Waals surface area contributed by atoms with E-state index in [0.717, 1.165) is 34.3 Å². The highest BCUT2D eigenvalue weighted by atomic mass is 127. The highest BCUT2D eigenvalue weighted by molar-refractivity contribution is 14.0. The van der Waals surface area contributed by atoms with Crippen LogP contribution in [0.5, 0.6) is 11.5 Å². The van der Waals surface area contributed by atoms with Gasteiger partial charge in [0, 0.05) is 30.1 Å². The molecule has 0 aliphatic rings. The third-order valence-electron chi connectivity index (χ3n) is 3.40. The van der Waals surface area contributed by atoms with Gasteiger partial charge in [0.05, 0.1) is 10.7 Å². The van der Waals surface area contributed by atoms with Crippen molar-refractivity contribution in [2.45, 2.75) is 13.3 Å². The highest BCUT2D eigenvalue weighted by Gasteiger charge is 2.01. The lowest BCUT2D eigenvalue weighted by atomic mass is 10.3. The molecule has 0 unspecified atom stereocenters. The fraction of sp³-hybridized carbons (Fsp3) is 0.158. The predicted octanol–water partition coefficient (Wildman–Crippen LogP) is 4.83. The Kier molecular flexibility index (Phi) is 7.86. The monoisotopic (exact) mass is 480 g/mol. The van der Waals surface area contributed by atoms with Crippen molar-refractivity contribution in [2.75, 3.05) is 11.9 Å². The molecule has 0 spiro atoms. The zero-order chi connectivity index (χ0) is 17.5. The van der Waals surface area contributed by atoms with Crippen LogP contribution >= 0.6 is 35.3 Å². The van der Waals surface area contributed by atoms with E-state index in [1.54, 1.807) is 11.3 Å². The number of hydrogen-bond acceptors (Lipinski definition) is 4.